The Balaban J connectivity index is 1.59. The summed E-state index contributed by atoms with van der Waals surface area (Å²) < 4.78 is 5.57. The summed E-state index contributed by atoms with van der Waals surface area (Å²) in [6, 6.07) is 5.45. The van der Waals surface area contributed by atoms with E-state index in [1.165, 1.54) is 19.3 Å². The summed E-state index contributed by atoms with van der Waals surface area (Å²) in [7, 11) is 0. The van der Waals surface area contributed by atoms with E-state index in [1.54, 1.807) is 6.07 Å². The molecule has 1 aromatic carbocycles. The molecule has 0 aliphatic carbocycles. The summed E-state index contributed by atoms with van der Waals surface area (Å²) in [5.41, 5.74) is 0.976. The lowest BCUT2D eigenvalue weighted by Crippen LogP contribution is -2.41. The van der Waals surface area contributed by atoms with Crippen LogP contribution in [0.3, 0.4) is 0 Å². The number of nitrogens with zero attached hydrogens (tertiary/aromatic N) is 1. The van der Waals surface area contributed by atoms with Crippen molar-refractivity contribution >= 4 is 17.5 Å². The monoisotopic (exact) mass is 294 g/mol. The minimum Gasteiger partial charge on any atom is -0.491 e. The molecule has 2 aliphatic heterocycles. The second kappa shape index (κ2) is 6.02. The van der Waals surface area contributed by atoms with E-state index < -0.39 is 0 Å². The van der Waals surface area contributed by atoms with Gasteiger partial charge >= 0.3 is 0 Å². The van der Waals surface area contributed by atoms with Crippen LogP contribution in [0.2, 0.25) is 5.02 Å². The number of nitrogens with one attached hydrogen (secondary N) is 1. The van der Waals surface area contributed by atoms with Crippen molar-refractivity contribution in [1.29, 1.82) is 0 Å². The molecule has 0 aromatic heterocycles. The smallest absolute Gasteiger partial charge is 0.234 e. The van der Waals surface area contributed by atoms with E-state index in [9.17, 15) is 4.79 Å². The second-order valence-electron chi connectivity index (χ2n) is 5.45. The topological polar surface area (TPSA) is 41.6 Å². The molecule has 4 nitrogen and oxygen atoms in total. The molecule has 2 heterocycles. The fraction of sp³-hybridized carbons (Fsp3) is 0.533. The lowest BCUT2D eigenvalue weighted by atomic mass is 10.1. The zero-order valence-corrected chi connectivity index (χ0v) is 12.2. The molecule has 108 valence electrons. The van der Waals surface area contributed by atoms with Crippen LogP contribution >= 0.6 is 11.6 Å². The van der Waals surface area contributed by atoms with Gasteiger partial charge in [-0.05, 0) is 44.1 Å². The van der Waals surface area contributed by atoms with Gasteiger partial charge in [-0.25, -0.2) is 0 Å². The number of fused-ring (bicyclic) bond motifs is 1. The average Bonchev–Trinajstić information content (AvgIpc) is 2.82. The Bertz CT molecular complexity index is 501. The Morgan fingerprint density at radius 3 is 2.95 bits per heavy atom. The molecule has 5 heteroatoms. The highest BCUT2D eigenvalue weighted by atomic mass is 35.5. The van der Waals surface area contributed by atoms with Gasteiger partial charge < -0.3 is 10.1 Å². The normalized spacial score (nSPS) is 22.1. The highest BCUT2D eigenvalue weighted by Crippen LogP contribution is 2.34. The molecular formula is C15H19ClN2O2. The Morgan fingerprint density at radius 1 is 1.35 bits per heavy atom. The molecule has 0 saturated carbocycles. The molecular weight excluding hydrogens is 276 g/mol. The summed E-state index contributed by atoms with van der Waals surface area (Å²) in [5, 5.41) is 3.72. The molecule has 1 amide bonds. The maximum absolute atomic E-state index is 12.1. The van der Waals surface area contributed by atoms with Crippen molar-refractivity contribution in [3.8, 4) is 5.75 Å². The first-order valence-corrected chi connectivity index (χ1v) is 7.54. The number of carbonyl (C=O) groups excluding carboxylic acids is 1. The Kier molecular flexibility index (Phi) is 4.13. The van der Waals surface area contributed by atoms with Crippen LogP contribution in [0, 0.1) is 0 Å². The first-order valence-electron chi connectivity index (χ1n) is 7.16. The third kappa shape index (κ3) is 3.07. The van der Waals surface area contributed by atoms with Crippen LogP contribution in [-0.4, -0.2) is 37.0 Å². The van der Waals surface area contributed by atoms with E-state index in [2.05, 4.69) is 10.2 Å². The molecule has 20 heavy (non-hydrogen) atoms. The molecule has 1 atom stereocenters. The van der Waals surface area contributed by atoms with Crippen LogP contribution in [0.1, 0.15) is 30.9 Å². The third-order valence-corrected chi connectivity index (χ3v) is 4.14. The fourth-order valence-corrected chi connectivity index (χ4v) is 3.05. The van der Waals surface area contributed by atoms with Crippen molar-refractivity contribution in [3.05, 3.63) is 28.8 Å². The van der Waals surface area contributed by atoms with Crippen molar-refractivity contribution in [2.24, 2.45) is 0 Å². The molecule has 1 aromatic rings. The summed E-state index contributed by atoms with van der Waals surface area (Å²) in [4.78, 5) is 14.3. The van der Waals surface area contributed by atoms with Crippen molar-refractivity contribution in [3.63, 3.8) is 0 Å². The molecule has 0 spiro atoms. The largest absolute Gasteiger partial charge is 0.491 e. The van der Waals surface area contributed by atoms with E-state index in [-0.39, 0.29) is 11.9 Å². The zero-order chi connectivity index (χ0) is 13.9. The van der Waals surface area contributed by atoms with Gasteiger partial charge in [0.1, 0.15) is 12.4 Å². The quantitative estimate of drug-likeness (QED) is 0.930. The first-order chi connectivity index (χ1) is 9.72. The fourth-order valence-electron chi connectivity index (χ4n) is 2.87. The van der Waals surface area contributed by atoms with Crippen LogP contribution < -0.4 is 10.1 Å². The third-order valence-electron chi connectivity index (χ3n) is 3.90. The number of rotatable bonds is 3. The number of hydrogen-bond acceptors (Lipinski definition) is 3. The average molecular weight is 295 g/mol. The van der Waals surface area contributed by atoms with Crippen LogP contribution in [0.15, 0.2) is 18.2 Å². The van der Waals surface area contributed by atoms with Crippen LogP contribution in [0.25, 0.3) is 0 Å². The number of benzene rings is 1. The summed E-state index contributed by atoms with van der Waals surface area (Å²) in [5.74, 6) is 0.881. The molecule has 1 saturated heterocycles. The number of likely N-dealkylation sites (tertiary alicyclic amines) is 1. The van der Waals surface area contributed by atoms with E-state index >= 15 is 0 Å². The summed E-state index contributed by atoms with van der Waals surface area (Å²) in [6.45, 7) is 3.02. The minimum atomic E-state index is -0.0824. The van der Waals surface area contributed by atoms with E-state index in [1.807, 2.05) is 12.1 Å². The highest BCUT2D eigenvalue weighted by Gasteiger charge is 2.26. The predicted octanol–water partition coefficient (Wildman–Crippen LogP) is 2.38. The van der Waals surface area contributed by atoms with Gasteiger partial charge in [0, 0.05) is 10.6 Å². The van der Waals surface area contributed by atoms with E-state index in [4.69, 9.17) is 16.3 Å². The lowest BCUT2D eigenvalue weighted by molar-refractivity contribution is -0.123. The predicted molar refractivity (Wildman–Crippen MR) is 78.1 cm³/mol. The van der Waals surface area contributed by atoms with Gasteiger partial charge in [-0.2, -0.15) is 0 Å². The summed E-state index contributed by atoms with van der Waals surface area (Å²) >= 11 is 6.00. The van der Waals surface area contributed by atoms with Gasteiger partial charge in [-0.3, -0.25) is 9.69 Å². The van der Waals surface area contributed by atoms with Gasteiger partial charge in [0.2, 0.25) is 5.91 Å². The number of ether oxygens (including phenoxy) is 1. The molecule has 1 fully saturated rings. The van der Waals surface area contributed by atoms with Gasteiger partial charge in [0.25, 0.3) is 0 Å². The minimum absolute atomic E-state index is 0.0633. The van der Waals surface area contributed by atoms with Crippen LogP contribution in [0.4, 0.5) is 0 Å². The van der Waals surface area contributed by atoms with Crippen LogP contribution in [0.5, 0.6) is 5.75 Å². The maximum Gasteiger partial charge on any atom is 0.234 e. The van der Waals surface area contributed by atoms with Crippen molar-refractivity contribution < 1.29 is 9.53 Å². The number of carbonyl (C=O) groups is 1. The van der Waals surface area contributed by atoms with Crippen LogP contribution in [-0.2, 0) is 4.79 Å². The van der Waals surface area contributed by atoms with Crippen molar-refractivity contribution in [1.82, 2.24) is 10.2 Å². The Morgan fingerprint density at radius 2 is 2.15 bits per heavy atom. The van der Waals surface area contributed by atoms with E-state index in [0.29, 0.717) is 18.2 Å². The molecule has 2 aliphatic rings. The van der Waals surface area contributed by atoms with Gasteiger partial charge in [0.05, 0.1) is 12.6 Å². The number of piperidine rings is 1. The standard InChI is InChI=1S/C15H19ClN2O2/c16-11-4-5-14-12(8-11)13(10-20-14)17-15(19)9-18-6-2-1-3-7-18/h4-5,8,13H,1-3,6-7,9-10H2,(H,17,19). The van der Waals surface area contributed by atoms with Gasteiger partial charge in [0.15, 0.2) is 0 Å². The SMILES string of the molecule is O=C(CN1CCCCC1)NC1COc2ccc(Cl)cc21. The van der Waals surface area contributed by atoms with Gasteiger partial charge in [-0.15, -0.1) is 0 Å². The molecule has 0 bridgehead atoms. The molecule has 3 rings (SSSR count). The van der Waals surface area contributed by atoms with Crippen molar-refractivity contribution in [2.75, 3.05) is 26.2 Å². The summed E-state index contributed by atoms with van der Waals surface area (Å²) in [6.07, 6.45) is 3.66. The zero-order valence-electron chi connectivity index (χ0n) is 11.4. The Hall–Kier alpha value is -1.26. The first kappa shape index (κ1) is 13.7. The second-order valence-corrected chi connectivity index (χ2v) is 5.89. The maximum atomic E-state index is 12.1. The molecule has 1 unspecified atom stereocenters. The Labute approximate surface area is 124 Å². The molecule has 1 N–H and O–H groups in total. The van der Waals surface area contributed by atoms with Crippen molar-refractivity contribution in [2.45, 2.75) is 25.3 Å². The van der Waals surface area contributed by atoms with Gasteiger partial charge in [-0.1, -0.05) is 18.0 Å². The van der Waals surface area contributed by atoms with E-state index in [0.717, 1.165) is 24.4 Å². The number of hydrogen-bond donors (Lipinski definition) is 1. The number of halogens is 1. The number of amides is 1. The lowest BCUT2D eigenvalue weighted by Gasteiger charge is -2.26. The molecule has 0 radical (unpaired) electrons. The highest BCUT2D eigenvalue weighted by molar-refractivity contribution is 6.30.